The third-order valence-corrected chi connectivity index (χ3v) is 5.32. The van der Waals surface area contributed by atoms with Crippen LogP contribution in [0.4, 0.5) is 8.78 Å². The number of hydrogen-bond donors (Lipinski definition) is 1. The van der Waals surface area contributed by atoms with Crippen LogP contribution in [0.15, 0.2) is 23.1 Å². The Hall–Kier alpha value is -0.810. The van der Waals surface area contributed by atoms with Gasteiger partial charge in [0.2, 0.25) is 0 Å². The van der Waals surface area contributed by atoms with Gasteiger partial charge < -0.3 is 5.32 Å². The summed E-state index contributed by atoms with van der Waals surface area (Å²) in [6, 6.07) is 3.25. The van der Waals surface area contributed by atoms with E-state index in [1.54, 1.807) is 0 Å². The largest absolute Gasteiger partial charge is 0.316 e. The highest BCUT2D eigenvalue weighted by atomic mass is 32.2. The summed E-state index contributed by atoms with van der Waals surface area (Å²) in [7, 11) is 0.322. The van der Waals surface area contributed by atoms with E-state index in [1.165, 1.54) is 0 Å². The van der Waals surface area contributed by atoms with E-state index in [2.05, 4.69) is 5.32 Å². The minimum Gasteiger partial charge on any atom is -0.316 e. The molecule has 0 spiro atoms. The van der Waals surface area contributed by atoms with Crippen LogP contribution in [-0.4, -0.2) is 22.5 Å². The van der Waals surface area contributed by atoms with Gasteiger partial charge in [-0.3, -0.25) is 4.21 Å². The second-order valence-electron chi connectivity index (χ2n) is 4.59. The molecule has 1 fully saturated rings. The quantitative estimate of drug-likeness (QED) is 0.917. The van der Waals surface area contributed by atoms with Gasteiger partial charge in [0.15, 0.2) is 0 Å². The van der Waals surface area contributed by atoms with Gasteiger partial charge in [0, 0.05) is 6.04 Å². The second-order valence-corrected chi connectivity index (χ2v) is 6.23. The SMILES string of the molecule is CNC1CCCCC1S(=O)c1cc(F)ccc1F. The number of halogens is 2. The van der Waals surface area contributed by atoms with Crippen molar-refractivity contribution >= 4 is 10.8 Å². The Bertz CT molecular complexity index is 453. The first kappa shape index (κ1) is 13.6. The van der Waals surface area contributed by atoms with Crippen LogP contribution in [0.25, 0.3) is 0 Å². The van der Waals surface area contributed by atoms with Gasteiger partial charge >= 0.3 is 0 Å². The number of hydrogen-bond acceptors (Lipinski definition) is 2. The van der Waals surface area contributed by atoms with Crippen molar-refractivity contribution < 1.29 is 13.0 Å². The Morgan fingerprint density at radius 3 is 2.72 bits per heavy atom. The molecule has 0 radical (unpaired) electrons. The highest BCUT2D eigenvalue weighted by Crippen LogP contribution is 2.27. The van der Waals surface area contributed by atoms with Crippen molar-refractivity contribution in [2.45, 2.75) is 41.9 Å². The van der Waals surface area contributed by atoms with Crippen LogP contribution in [0, 0.1) is 11.6 Å². The molecule has 1 aromatic rings. The van der Waals surface area contributed by atoms with Crippen molar-refractivity contribution in [1.29, 1.82) is 0 Å². The first-order chi connectivity index (χ1) is 8.63. The van der Waals surface area contributed by atoms with Crippen LogP contribution in [-0.2, 0) is 10.8 Å². The minimum absolute atomic E-state index is 0.0119. The molecule has 100 valence electrons. The third kappa shape index (κ3) is 2.78. The summed E-state index contributed by atoms with van der Waals surface area (Å²) in [6.07, 6.45) is 3.80. The van der Waals surface area contributed by atoms with Gasteiger partial charge in [-0.1, -0.05) is 12.8 Å². The van der Waals surface area contributed by atoms with E-state index in [4.69, 9.17) is 0 Å². The maximum Gasteiger partial charge on any atom is 0.139 e. The van der Waals surface area contributed by atoms with Crippen molar-refractivity contribution in [2.24, 2.45) is 0 Å². The van der Waals surface area contributed by atoms with Crippen LogP contribution in [0.1, 0.15) is 25.7 Å². The molecule has 3 unspecified atom stereocenters. The van der Waals surface area contributed by atoms with Gasteiger partial charge in [-0.25, -0.2) is 8.78 Å². The van der Waals surface area contributed by atoms with Crippen molar-refractivity contribution in [3.63, 3.8) is 0 Å². The summed E-state index contributed by atoms with van der Waals surface area (Å²) >= 11 is 0. The average molecular weight is 273 g/mol. The molecule has 1 saturated carbocycles. The lowest BCUT2D eigenvalue weighted by Crippen LogP contribution is -2.42. The zero-order chi connectivity index (χ0) is 13.1. The van der Waals surface area contributed by atoms with E-state index in [0.29, 0.717) is 0 Å². The molecule has 5 heteroatoms. The lowest BCUT2D eigenvalue weighted by Gasteiger charge is -2.30. The van der Waals surface area contributed by atoms with Crippen molar-refractivity contribution in [2.75, 3.05) is 7.05 Å². The monoisotopic (exact) mass is 273 g/mol. The molecule has 0 amide bonds. The Morgan fingerprint density at radius 1 is 1.28 bits per heavy atom. The summed E-state index contributed by atoms with van der Waals surface area (Å²) in [5.41, 5.74) is 0. The molecule has 1 aromatic carbocycles. The van der Waals surface area contributed by atoms with Crippen LogP contribution in [0.2, 0.25) is 0 Å². The first-order valence-electron chi connectivity index (χ1n) is 6.16. The van der Waals surface area contributed by atoms with E-state index in [-0.39, 0.29) is 16.2 Å². The topological polar surface area (TPSA) is 29.1 Å². The standard InChI is InChI=1S/C13H17F2NOS/c1-16-11-4-2-3-5-12(11)18(17)13-8-9(14)6-7-10(13)15/h6-8,11-12,16H,2-5H2,1H3. The molecule has 1 N–H and O–H groups in total. The van der Waals surface area contributed by atoms with E-state index >= 15 is 0 Å². The highest BCUT2D eigenvalue weighted by Gasteiger charge is 2.30. The molecule has 2 nitrogen and oxygen atoms in total. The fraction of sp³-hybridized carbons (Fsp3) is 0.538. The summed E-state index contributed by atoms with van der Waals surface area (Å²) in [6.45, 7) is 0. The van der Waals surface area contributed by atoms with Crippen LogP contribution in [0.5, 0.6) is 0 Å². The zero-order valence-corrected chi connectivity index (χ0v) is 11.1. The van der Waals surface area contributed by atoms with Crippen molar-refractivity contribution in [3.8, 4) is 0 Å². The van der Waals surface area contributed by atoms with Crippen LogP contribution < -0.4 is 5.32 Å². The minimum atomic E-state index is -1.50. The summed E-state index contributed by atoms with van der Waals surface area (Å²) in [5.74, 6) is -1.13. The molecule has 1 aliphatic rings. The van der Waals surface area contributed by atoms with Crippen molar-refractivity contribution in [1.82, 2.24) is 5.32 Å². The normalized spacial score (nSPS) is 25.9. The molecule has 1 aliphatic carbocycles. The predicted molar refractivity (Wildman–Crippen MR) is 67.9 cm³/mol. The maximum atomic E-state index is 13.6. The molecular weight excluding hydrogens is 256 g/mol. The molecule has 2 rings (SSSR count). The lowest BCUT2D eigenvalue weighted by molar-refractivity contribution is 0.398. The van der Waals surface area contributed by atoms with Crippen molar-refractivity contribution in [3.05, 3.63) is 29.8 Å². The third-order valence-electron chi connectivity index (χ3n) is 3.46. The Labute approximate surface area is 108 Å². The summed E-state index contributed by atoms with van der Waals surface area (Å²) in [5, 5.41) is 2.99. The molecule has 0 saturated heterocycles. The van der Waals surface area contributed by atoms with Gasteiger partial charge in [-0.15, -0.1) is 0 Å². The number of benzene rings is 1. The van der Waals surface area contributed by atoms with Gasteiger partial charge in [-0.2, -0.15) is 0 Å². The summed E-state index contributed by atoms with van der Waals surface area (Å²) < 4.78 is 39.2. The number of nitrogens with one attached hydrogen (secondary N) is 1. The second kappa shape index (κ2) is 5.89. The first-order valence-corrected chi connectivity index (χ1v) is 7.37. The molecule has 0 bridgehead atoms. The maximum absolute atomic E-state index is 13.6. The van der Waals surface area contributed by atoms with E-state index in [1.807, 2.05) is 7.05 Å². The lowest BCUT2D eigenvalue weighted by atomic mass is 9.95. The Morgan fingerprint density at radius 2 is 2.00 bits per heavy atom. The molecule has 0 aliphatic heterocycles. The van der Waals surface area contributed by atoms with E-state index in [9.17, 15) is 13.0 Å². The average Bonchev–Trinajstić information content (AvgIpc) is 2.40. The van der Waals surface area contributed by atoms with Crippen LogP contribution >= 0.6 is 0 Å². The number of rotatable bonds is 3. The van der Waals surface area contributed by atoms with E-state index in [0.717, 1.165) is 43.9 Å². The molecular formula is C13H17F2NOS. The fourth-order valence-corrected chi connectivity index (χ4v) is 4.24. The zero-order valence-electron chi connectivity index (χ0n) is 10.3. The molecule has 18 heavy (non-hydrogen) atoms. The van der Waals surface area contributed by atoms with E-state index < -0.39 is 22.4 Å². The molecule has 3 atom stereocenters. The Balaban J connectivity index is 2.26. The Kier molecular flexibility index (Phi) is 4.45. The molecule has 0 heterocycles. The predicted octanol–water partition coefficient (Wildman–Crippen LogP) is 2.60. The van der Waals surface area contributed by atoms with Gasteiger partial charge in [0.05, 0.1) is 20.9 Å². The fourth-order valence-electron chi connectivity index (χ4n) is 2.48. The van der Waals surface area contributed by atoms with Crippen LogP contribution in [0.3, 0.4) is 0 Å². The highest BCUT2D eigenvalue weighted by molar-refractivity contribution is 7.85. The van der Waals surface area contributed by atoms with Gasteiger partial charge in [-0.05, 0) is 38.1 Å². The van der Waals surface area contributed by atoms with Gasteiger partial charge in [0.25, 0.3) is 0 Å². The van der Waals surface area contributed by atoms with Gasteiger partial charge in [0.1, 0.15) is 11.6 Å². The summed E-state index contributed by atoms with van der Waals surface area (Å²) in [4.78, 5) is -0.0119. The molecule has 0 aromatic heterocycles. The smallest absolute Gasteiger partial charge is 0.139 e.